The number of halogens is 1. The quantitative estimate of drug-likeness (QED) is 0.151. The standard InChI is InChI=1S/C25H25INO6P/c1-19(27(24(28)30-25(2,3)4)23-18-12-11-17-22(23)26)31-34(29,32-20-13-7-5-8-14-20)33-21-15-9-6-10-16-21/h5-18H,1H2,2-4H3. The fourth-order valence-corrected chi connectivity index (χ4v) is 4.56. The molecule has 0 atom stereocenters. The number of para-hydroxylation sites is 3. The van der Waals surface area contributed by atoms with Gasteiger partial charge in [-0.05, 0) is 86.3 Å². The van der Waals surface area contributed by atoms with Crippen LogP contribution in [0.5, 0.6) is 11.5 Å². The van der Waals surface area contributed by atoms with Crippen LogP contribution in [0.4, 0.5) is 10.5 Å². The van der Waals surface area contributed by atoms with Crippen LogP contribution in [0.15, 0.2) is 97.4 Å². The molecule has 0 fully saturated rings. The molecular formula is C25H25INO6P. The van der Waals surface area contributed by atoms with Crippen molar-refractivity contribution in [1.82, 2.24) is 0 Å². The summed E-state index contributed by atoms with van der Waals surface area (Å²) in [4.78, 5) is 14.2. The van der Waals surface area contributed by atoms with Gasteiger partial charge >= 0.3 is 13.9 Å². The maximum atomic E-state index is 13.8. The average Bonchev–Trinajstić information content (AvgIpc) is 2.75. The van der Waals surface area contributed by atoms with E-state index in [0.29, 0.717) is 5.69 Å². The van der Waals surface area contributed by atoms with E-state index in [0.717, 1.165) is 8.47 Å². The SMILES string of the molecule is C=C(OP(=O)(Oc1ccccc1)Oc1ccccc1)N(C(=O)OC(C)(C)C)c1ccccc1I. The summed E-state index contributed by atoms with van der Waals surface area (Å²) in [6, 6.07) is 24.0. The first-order valence-electron chi connectivity index (χ1n) is 10.3. The van der Waals surface area contributed by atoms with E-state index in [-0.39, 0.29) is 17.4 Å². The summed E-state index contributed by atoms with van der Waals surface area (Å²) in [5.41, 5.74) is -0.353. The Morgan fingerprint density at radius 1 is 0.853 bits per heavy atom. The number of anilines is 1. The predicted molar refractivity (Wildman–Crippen MR) is 140 cm³/mol. The lowest BCUT2D eigenvalue weighted by atomic mass is 10.2. The summed E-state index contributed by atoms with van der Waals surface area (Å²) in [5, 5.41) is 0. The van der Waals surface area contributed by atoms with Crippen LogP contribution in [-0.2, 0) is 13.8 Å². The number of ether oxygens (including phenoxy) is 1. The smallest absolute Gasteiger partial charge is 0.443 e. The first-order chi connectivity index (χ1) is 16.1. The molecule has 0 saturated carbocycles. The molecule has 0 unspecified atom stereocenters. The number of nitrogens with zero attached hydrogens (tertiary/aromatic N) is 1. The van der Waals surface area contributed by atoms with E-state index >= 15 is 0 Å². The van der Waals surface area contributed by atoms with Crippen molar-refractivity contribution in [1.29, 1.82) is 0 Å². The minimum atomic E-state index is -4.35. The topological polar surface area (TPSA) is 74.3 Å². The molecule has 7 nitrogen and oxygen atoms in total. The maximum absolute atomic E-state index is 13.8. The van der Waals surface area contributed by atoms with Gasteiger partial charge in [0, 0.05) is 3.57 Å². The molecular weight excluding hydrogens is 568 g/mol. The monoisotopic (exact) mass is 593 g/mol. The van der Waals surface area contributed by atoms with Crippen LogP contribution in [-0.4, -0.2) is 11.7 Å². The summed E-state index contributed by atoms with van der Waals surface area (Å²) >= 11 is 2.08. The molecule has 178 valence electrons. The molecule has 3 rings (SSSR count). The number of hydrogen-bond acceptors (Lipinski definition) is 6. The van der Waals surface area contributed by atoms with Gasteiger partial charge in [-0.3, -0.25) is 0 Å². The van der Waals surface area contributed by atoms with Gasteiger partial charge in [0.1, 0.15) is 17.1 Å². The summed E-state index contributed by atoms with van der Waals surface area (Å²) in [6.07, 6.45) is -0.757. The van der Waals surface area contributed by atoms with E-state index in [1.165, 1.54) is 0 Å². The van der Waals surface area contributed by atoms with Crippen LogP contribution in [0.1, 0.15) is 20.8 Å². The minimum Gasteiger partial charge on any atom is -0.443 e. The van der Waals surface area contributed by atoms with E-state index in [4.69, 9.17) is 18.3 Å². The molecule has 34 heavy (non-hydrogen) atoms. The molecule has 0 heterocycles. The zero-order chi connectivity index (χ0) is 24.8. The zero-order valence-corrected chi connectivity index (χ0v) is 22.1. The third-order valence-electron chi connectivity index (χ3n) is 4.06. The van der Waals surface area contributed by atoms with Crippen molar-refractivity contribution >= 4 is 42.2 Å². The second-order valence-electron chi connectivity index (χ2n) is 8.01. The van der Waals surface area contributed by atoms with Gasteiger partial charge in [-0.2, -0.15) is 4.57 Å². The van der Waals surface area contributed by atoms with Gasteiger partial charge in [-0.1, -0.05) is 48.5 Å². The van der Waals surface area contributed by atoms with Gasteiger partial charge in [0.2, 0.25) is 5.88 Å². The lowest BCUT2D eigenvalue weighted by molar-refractivity contribution is 0.0576. The lowest BCUT2D eigenvalue weighted by Gasteiger charge is -2.30. The van der Waals surface area contributed by atoms with Crippen LogP contribution >= 0.6 is 30.4 Å². The number of phosphoric acid groups is 1. The highest BCUT2D eigenvalue weighted by Crippen LogP contribution is 2.52. The summed E-state index contributed by atoms with van der Waals surface area (Å²) in [5.74, 6) is 0.230. The molecule has 0 aromatic heterocycles. The second-order valence-corrected chi connectivity index (χ2v) is 10.6. The first-order valence-corrected chi connectivity index (χ1v) is 12.9. The number of phosphoric ester groups is 1. The van der Waals surface area contributed by atoms with Crippen molar-refractivity contribution in [3.8, 4) is 11.5 Å². The Morgan fingerprint density at radius 2 is 1.32 bits per heavy atom. The average molecular weight is 593 g/mol. The minimum absolute atomic E-state index is 0.257. The van der Waals surface area contributed by atoms with Crippen LogP contribution in [0.3, 0.4) is 0 Å². The van der Waals surface area contributed by atoms with Crippen molar-refractivity contribution in [3.63, 3.8) is 0 Å². The van der Waals surface area contributed by atoms with E-state index in [2.05, 4.69) is 29.2 Å². The Hall–Kier alpha value is -2.97. The lowest BCUT2D eigenvalue weighted by Crippen LogP contribution is -2.37. The van der Waals surface area contributed by atoms with E-state index in [1.807, 2.05) is 6.07 Å². The van der Waals surface area contributed by atoms with Crippen LogP contribution < -0.4 is 13.9 Å². The molecule has 0 saturated heterocycles. The Balaban J connectivity index is 1.97. The van der Waals surface area contributed by atoms with Gasteiger partial charge in [0.15, 0.2) is 0 Å². The Bertz CT molecular complexity index is 1140. The third-order valence-corrected chi connectivity index (χ3v) is 6.27. The van der Waals surface area contributed by atoms with Crippen LogP contribution in [0, 0.1) is 3.57 Å². The number of benzene rings is 3. The van der Waals surface area contributed by atoms with Crippen molar-refractivity contribution in [3.05, 3.63) is 101 Å². The van der Waals surface area contributed by atoms with Crippen molar-refractivity contribution in [2.75, 3.05) is 4.90 Å². The largest absolute Gasteiger partial charge is 0.648 e. The number of rotatable bonds is 8. The molecule has 9 heteroatoms. The number of amides is 1. The molecule has 0 aliphatic rings. The number of hydrogen-bond donors (Lipinski definition) is 0. The highest BCUT2D eigenvalue weighted by molar-refractivity contribution is 14.1. The molecule has 0 aliphatic heterocycles. The Morgan fingerprint density at radius 3 is 1.79 bits per heavy atom. The van der Waals surface area contributed by atoms with Crippen molar-refractivity contribution in [2.45, 2.75) is 26.4 Å². The molecule has 0 aliphatic carbocycles. The third kappa shape index (κ3) is 7.27. The highest BCUT2D eigenvalue weighted by atomic mass is 127. The predicted octanol–water partition coefficient (Wildman–Crippen LogP) is 7.79. The second kappa shape index (κ2) is 11.0. The van der Waals surface area contributed by atoms with E-state index in [1.54, 1.807) is 99.6 Å². The molecule has 0 spiro atoms. The van der Waals surface area contributed by atoms with Gasteiger partial charge in [-0.15, -0.1) is 0 Å². The highest BCUT2D eigenvalue weighted by Gasteiger charge is 2.38. The number of carbonyl (C=O) groups excluding carboxylic acids is 1. The van der Waals surface area contributed by atoms with E-state index < -0.39 is 19.5 Å². The van der Waals surface area contributed by atoms with Gasteiger partial charge < -0.3 is 18.3 Å². The van der Waals surface area contributed by atoms with Crippen LogP contribution in [0.25, 0.3) is 0 Å². The molecule has 3 aromatic rings. The molecule has 3 aromatic carbocycles. The maximum Gasteiger partial charge on any atom is 0.648 e. The fourth-order valence-electron chi connectivity index (χ4n) is 2.72. The fraction of sp³-hybridized carbons (Fsp3) is 0.160. The molecule has 0 N–H and O–H groups in total. The summed E-state index contributed by atoms with van der Waals surface area (Å²) in [7, 11) is -4.35. The molecule has 0 bridgehead atoms. The van der Waals surface area contributed by atoms with Crippen molar-refractivity contribution in [2.24, 2.45) is 0 Å². The first kappa shape index (κ1) is 25.6. The van der Waals surface area contributed by atoms with Gasteiger partial charge in [0.25, 0.3) is 0 Å². The van der Waals surface area contributed by atoms with Gasteiger partial charge in [-0.25, -0.2) is 9.69 Å². The van der Waals surface area contributed by atoms with Gasteiger partial charge in [0.05, 0.1) is 5.69 Å². The molecule has 1 amide bonds. The molecule has 0 radical (unpaired) electrons. The van der Waals surface area contributed by atoms with Crippen molar-refractivity contribution < 1.29 is 27.7 Å². The van der Waals surface area contributed by atoms with E-state index in [9.17, 15) is 9.36 Å². The summed E-state index contributed by atoms with van der Waals surface area (Å²) in [6.45, 7) is 9.08. The Labute approximate surface area is 213 Å². The number of carbonyl (C=O) groups is 1. The van der Waals surface area contributed by atoms with Crippen LogP contribution in [0.2, 0.25) is 0 Å². The zero-order valence-electron chi connectivity index (χ0n) is 19.0. The normalized spacial score (nSPS) is 11.3. The Kier molecular flexibility index (Phi) is 8.28. The summed E-state index contributed by atoms with van der Waals surface area (Å²) < 4.78 is 37.0.